The summed E-state index contributed by atoms with van der Waals surface area (Å²) in [5.74, 6) is 3.48. The molecular formula is C42H42ClN5O7. The topological polar surface area (TPSA) is 158 Å². The van der Waals surface area contributed by atoms with Crippen molar-refractivity contribution in [3.8, 4) is 11.8 Å². The molecule has 284 valence electrons. The Hall–Kier alpha value is -5.93. The summed E-state index contributed by atoms with van der Waals surface area (Å²) in [4.78, 5) is 86.0. The predicted molar refractivity (Wildman–Crippen MR) is 205 cm³/mol. The number of nitrogens with zero attached hydrogens (tertiary/aromatic N) is 2. The Balaban J connectivity index is 1.33. The summed E-state index contributed by atoms with van der Waals surface area (Å²) in [5, 5.41) is 6.29. The second-order valence-corrected chi connectivity index (χ2v) is 14.9. The Morgan fingerprint density at radius 1 is 1.05 bits per heavy atom. The van der Waals surface area contributed by atoms with Crippen molar-refractivity contribution in [3.63, 3.8) is 0 Å². The number of H-pyrrole nitrogens is 1. The number of benzene rings is 3. The minimum Gasteiger partial charge on any atom is -0.461 e. The van der Waals surface area contributed by atoms with E-state index in [0.29, 0.717) is 32.6 Å². The third kappa shape index (κ3) is 8.58. The van der Waals surface area contributed by atoms with Gasteiger partial charge in [-0.25, -0.2) is 4.79 Å². The molecule has 3 aromatic carbocycles. The van der Waals surface area contributed by atoms with Gasteiger partial charge in [0.05, 0.1) is 6.61 Å². The van der Waals surface area contributed by atoms with E-state index in [-0.39, 0.29) is 74.4 Å². The Morgan fingerprint density at radius 2 is 1.82 bits per heavy atom. The van der Waals surface area contributed by atoms with Crippen LogP contribution in [0.25, 0.3) is 10.9 Å². The van der Waals surface area contributed by atoms with Crippen LogP contribution in [0.1, 0.15) is 103 Å². The monoisotopic (exact) mass is 763 g/mol. The van der Waals surface area contributed by atoms with E-state index in [0.717, 1.165) is 5.56 Å². The first-order valence-electron chi connectivity index (χ1n) is 18.1. The third-order valence-corrected chi connectivity index (χ3v) is 9.63. The molecule has 6 rings (SSSR count). The summed E-state index contributed by atoms with van der Waals surface area (Å²) in [5.41, 5.74) is 2.60. The minimum atomic E-state index is -1.27. The zero-order valence-corrected chi connectivity index (χ0v) is 31.8. The summed E-state index contributed by atoms with van der Waals surface area (Å²) >= 11 is 6.34. The highest BCUT2D eigenvalue weighted by molar-refractivity contribution is 6.31. The van der Waals surface area contributed by atoms with Crippen LogP contribution in [0.15, 0.2) is 66.7 Å². The van der Waals surface area contributed by atoms with Crippen molar-refractivity contribution in [2.75, 3.05) is 6.61 Å². The van der Waals surface area contributed by atoms with Crippen molar-refractivity contribution < 1.29 is 33.5 Å². The number of piperidine rings is 1. The van der Waals surface area contributed by atoms with Gasteiger partial charge in [0, 0.05) is 70.5 Å². The predicted octanol–water partition coefficient (Wildman–Crippen LogP) is 5.58. The molecule has 5 amide bonds. The quantitative estimate of drug-likeness (QED) is 0.108. The summed E-state index contributed by atoms with van der Waals surface area (Å²) in [6.07, 6.45) is 0.435. The van der Waals surface area contributed by atoms with Crippen molar-refractivity contribution in [3.05, 3.63) is 105 Å². The molecule has 1 fully saturated rings. The number of carbonyl (C=O) groups excluding carboxylic acids is 6. The van der Waals surface area contributed by atoms with Gasteiger partial charge in [0.25, 0.3) is 5.91 Å². The zero-order chi connectivity index (χ0) is 39.4. The van der Waals surface area contributed by atoms with Crippen molar-refractivity contribution in [2.45, 2.75) is 84.1 Å². The number of rotatable bonds is 10. The van der Waals surface area contributed by atoms with E-state index >= 15 is 0 Å². The number of amides is 5. The average Bonchev–Trinajstić information content (AvgIpc) is 3.67. The number of ether oxygens (including phenoxy) is 1. The lowest BCUT2D eigenvalue weighted by Gasteiger charge is -2.34. The van der Waals surface area contributed by atoms with Crippen LogP contribution in [0.4, 0.5) is 0 Å². The molecule has 2 atom stereocenters. The molecule has 4 aromatic rings. The first-order valence-corrected chi connectivity index (χ1v) is 18.5. The Morgan fingerprint density at radius 3 is 2.53 bits per heavy atom. The van der Waals surface area contributed by atoms with Crippen LogP contribution < -0.4 is 10.6 Å². The number of nitrogens with one attached hydrogen (secondary N) is 3. The fraction of sp³-hybridized carbons (Fsp3) is 0.333. The van der Waals surface area contributed by atoms with Crippen LogP contribution in [0, 0.1) is 11.8 Å². The van der Waals surface area contributed by atoms with E-state index in [1.165, 1.54) is 9.80 Å². The maximum atomic E-state index is 14.5. The fourth-order valence-corrected chi connectivity index (χ4v) is 7.16. The minimum absolute atomic E-state index is 0.0395. The number of aromatic amines is 1. The third-order valence-electron chi connectivity index (χ3n) is 9.40. The molecule has 2 aliphatic rings. The van der Waals surface area contributed by atoms with E-state index in [1.54, 1.807) is 43.3 Å². The molecular weight excluding hydrogens is 722 g/mol. The summed E-state index contributed by atoms with van der Waals surface area (Å²) < 4.78 is 5.41. The molecule has 0 bridgehead atoms. The normalized spacial score (nSPS) is 15.8. The number of carbonyl (C=O) groups is 6. The van der Waals surface area contributed by atoms with Crippen molar-refractivity contribution in [1.29, 1.82) is 0 Å². The maximum absolute atomic E-state index is 14.5. The lowest BCUT2D eigenvalue weighted by atomic mass is 9.97. The molecule has 3 N–H and O–H groups in total. The van der Waals surface area contributed by atoms with Gasteiger partial charge in [-0.2, -0.15) is 0 Å². The van der Waals surface area contributed by atoms with Gasteiger partial charge in [0.1, 0.15) is 17.8 Å². The molecule has 2 unspecified atom stereocenters. The molecule has 12 nitrogen and oxygen atoms in total. The lowest BCUT2D eigenvalue weighted by Crippen LogP contribution is -2.52. The van der Waals surface area contributed by atoms with Gasteiger partial charge in [-0.15, -0.1) is 0 Å². The van der Waals surface area contributed by atoms with Crippen LogP contribution in [-0.4, -0.2) is 68.5 Å². The molecule has 55 heavy (non-hydrogen) atoms. The highest BCUT2D eigenvalue weighted by atomic mass is 35.5. The number of hydrogen-bond acceptors (Lipinski definition) is 7. The van der Waals surface area contributed by atoms with Crippen LogP contribution >= 0.6 is 11.6 Å². The summed E-state index contributed by atoms with van der Waals surface area (Å²) in [6.45, 7) is 7.48. The van der Waals surface area contributed by atoms with Crippen molar-refractivity contribution in [1.82, 2.24) is 25.4 Å². The van der Waals surface area contributed by atoms with Crippen LogP contribution in [-0.2, 0) is 37.0 Å². The number of halogens is 1. The largest absolute Gasteiger partial charge is 0.461 e. The van der Waals surface area contributed by atoms with Crippen LogP contribution in [0.5, 0.6) is 0 Å². The number of hydrogen-bond donors (Lipinski definition) is 3. The second-order valence-electron chi connectivity index (χ2n) is 14.5. The molecule has 2 aliphatic heterocycles. The molecule has 0 aliphatic carbocycles. The standard InChI is InChI=1S/C42H42ClN5O7/c1-5-55-41(54)36-35(29-19-18-27(43)22-31(29)44-36)37(39(52)46-42(2,3)4)48(23-25-12-7-6-8-13-25)34(50)17-10-9-14-26-15-11-16-28-30(26)24-47(40(28)53)32-20-21-33(49)45-38(32)51/h6-8,11-13,15-16,18-19,22,32,37,44H,5,10,17,20-21,23-24H2,1-4H3,(H,46,52)(H,45,49,51). The van der Waals surface area contributed by atoms with E-state index in [9.17, 15) is 28.8 Å². The van der Waals surface area contributed by atoms with Gasteiger partial charge < -0.3 is 24.8 Å². The number of fused-ring (bicyclic) bond motifs is 2. The summed E-state index contributed by atoms with van der Waals surface area (Å²) in [6, 6.07) is 17.4. The van der Waals surface area contributed by atoms with E-state index in [2.05, 4.69) is 27.5 Å². The van der Waals surface area contributed by atoms with Crippen molar-refractivity contribution >= 4 is 58.0 Å². The number of imide groups is 1. The second kappa shape index (κ2) is 16.2. The number of aromatic nitrogens is 1. The first-order chi connectivity index (χ1) is 26.3. The highest BCUT2D eigenvalue weighted by Gasteiger charge is 2.40. The molecule has 0 radical (unpaired) electrons. The molecule has 1 aromatic heterocycles. The Bertz CT molecular complexity index is 2250. The molecule has 0 saturated carbocycles. The van der Waals surface area contributed by atoms with Gasteiger partial charge in [0.15, 0.2) is 0 Å². The molecule has 13 heteroatoms. The van der Waals surface area contributed by atoms with Gasteiger partial charge in [-0.05, 0) is 69.5 Å². The SMILES string of the molecule is CCOC(=O)c1[nH]c2cc(Cl)ccc2c1C(C(=O)NC(C)(C)C)N(Cc1ccccc1)C(=O)CCC#Cc1cccc2c1CN(C1CCC(=O)NC1=O)C2=O. The Kier molecular flexibility index (Phi) is 11.4. The smallest absolute Gasteiger partial charge is 0.355 e. The van der Waals surface area contributed by atoms with E-state index in [4.69, 9.17) is 16.3 Å². The van der Waals surface area contributed by atoms with E-state index in [1.807, 2.05) is 51.1 Å². The van der Waals surface area contributed by atoms with Gasteiger partial charge in [-0.1, -0.05) is 65.9 Å². The molecule has 3 heterocycles. The van der Waals surface area contributed by atoms with Gasteiger partial charge >= 0.3 is 5.97 Å². The summed E-state index contributed by atoms with van der Waals surface area (Å²) in [7, 11) is 0. The fourth-order valence-electron chi connectivity index (χ4n) is 6.98. The van der Waals surface area contributed by atoms with Gasteiger partial charge in [0.2, 0.25) is 23.6 Å². The van der Waals surface area contributed by atoms with Crippen LogP contribution in [0.3, 0.4) is 0 Å². The van der Waals surface area contributed by atoms with E-state index < -0.39 is 35.4 Å². The zero-order valence-electron chi connectivity index (χ0n) is 31.1. The molecule has 1 saturated heterocycles. The maximum Gasteiger partial charge on any atom is 0.355 e. The first kappa shape index (κ1) is 38.8. The lowest BCUT2D eigenvalue weighted by molar-refractivity contribution is -0.142. The van der Waals surface area contributed by atoms with Crippen molar-refractivity contribution in [2.24, 2.45) is 0 Å². The van der Waals surface area contributed by atoms with Crippen LogP contribution in [0.2, 0.25) is 5.02 Å². The number of esters is 1. The average molecular weight is 764 g/mol. The molecule has 0 spiro atoms. The highest BCUT2D eigenvalue weighted by Crippen LogP contribution is 2.36. The Labute approximate surface area is 323 Å². The van der Waals surface area contributed by atoms with Gasteiger partial charge in [-0.3, -0.25) is 29.3 Å².